The third-order valence-corrected chi connectivity index (χ3v) is 3.73. The number of nitrogens with zero attached hydrogens (tertiary/aromatic N) is 1. The first-order valence-electron chi connectivity index (χ1n) is 7.88. The van der Waals surface area contributed by atoms with Gasteiger partial charge < -0.3 is 4.74 Å². The summed E-state index contributed by atoms with van der Waals surface area (Å²) in [4.78, 5) is 12.1. The van der Waals surface area contributed by atoms with E-state index in [0.29, 0.717) is 6.54 Å². The Kier molecular flexibility index (Phi) is 3.99. The summed E-state index contributed by atoms with van der Waals surface area (Å²) in [6, 6.07) is 16.5. The Morgan fingerprint density at radius 2 is 1.70 bits per heavy atom. The number of anilines is 1. The molecule has 120 valence electrons. The molecule has 0 saturated heterocycles. The molecule has 4 nitrogen and oxygen atoms in total. The molecule has 1 amide bonds. The van der Waals surface area contributed by atoms with Gasteiger partial charge in [-0.3, -0.25) is 5.01 Å². The number of hydrogen-bond donors (Lipinski definition) is 1. The Bertz CT molecular complexity index is 719. The van der Waals surface area contributed by atoms with Gasteiger partial charge in [0.05, 0.1) is 5.69 Å². The van der Waals surface area contributed by atoms with Crippen molar-refractivity contribution in [3.63, 3.8) is 0 Å². The van der Waals surface area contributed by atoms with Crippen molar-refractivity contribution in [2.24, 2.45) is 0 Å². The fourth-order valence-electron chi connectivity index (χ4n) is 2.82. The second-order valence-corrected chi connectivity index (χ2v) is 6.69. The van der Waals surface area contributed by atoms with Crippen LogP contribution < -0.4 is 10.4 Å². The third-order valence-electron chi connectivity index (χ3n) is 3.73. The molecule has 23 heavy (non-hydrogen) atoms. The van der Waals surface area contributed by atoms with Gasteiger partial charge in [0.25, 0.3) is 0 Å². The van der Waals surface area contributed by atoms with Crippen molar-refractivity contribution < 1.29 is 9.53 Å². The van der Waals surface area contributed by atoms with E-state index < -0.39 is 11.7 Å². The zero-order valence-corrected chi connectivity index (χ0v) is 13.8. The maximum absolute atomic E-state index is 12.1. The molecule has 0 spiro atoms. The van der Waals surface area contributed by atoms with Gasteiger partial charge in [0.1, 0.15) is 5.60 Å². The highest BCUT2D eigenvalue weighted by atomic mass is 16.6. The Hall–Kier alpha value is -2.49. The molecule has 1 aliphatic rings. The minimum Gasteiger partial charge on any atom is -0.443 e. The van der Waals surface area contributed by atoms with E-state index in [4.69, 9.17) is 4.74 Å². The van der Waals surface area contributed by atoms with Crippen LogP contribution in [0.5, 0.6) is 0 Å². The molecule has 1 N–H and O–H groups in total. The van der Waals surface area contributed by atoms with Crippen LogP contribution in [0.3, 0.4) is 0 Å². The Morgan fingerprint density at radius 3 is 2.43 bits per heavy atom. The van der Waals surface area contributed by atoms with Gasteiger partial charge in [0.15, 0.2) is 0 Å². The number of ether oxygens (including phenoxy) is 1. The number of carbonyl (C=O) groups excluding carboxylic acids is 1. The topological polar surface area (TPSA) is 41.6 Å². The molecule has 1 aliphatic heterocycles. The van der Waals surface area contributed by atoms with E-state index in [1.165, 1.54) is 11.1 Å². The van der Waals surface area contributed by atoms with E-state index in [9.17, 15) is 4.79 Å². The van der Waals surface area contributed by atoms with Crippen LogP contribution >= 0.6 is 0 Å². The Balaban J connectivity index is 1.92. The molecule has 0 bridgehead atoms. The third kappa shape index (κ3) is 3.47. The molecule has 0 atom stereocenters. The highest BCUT2D eigenvalue weighted by molar-refractivity contribution is 5.83. The van der Waals surface area contributed by atoms with E-state index in [2.05, 4.69) is 29.7 Å². The fraction of sp³-hybridized carbons (Fsp3) is 0.316. The second-order valence-electron chi connectivity index (χ2n) is 6.69. The lowest BCUT2D eigenvalue weighted by atomic mass is 9.98. The molecule has 3 rings (SSSR count). The number of hydrogen-bond acceptors (Lipinski definition) is 3. The first kappa shape index (κ1) is 15.4. The number of para-hydroxylation sites is 1. The quantitative estimate of drug-likeness (QED) is 0.860. The lowest BCUT2D eigenvalue weighted by molar-refractivity contribution is 0.0521. The average Bonchev–Trinajstić information content (AvgIpc) is 2.64. The fourth-order valence-corrected chi connectivity index (χ4v) is 2.82. The van der Waals surface area contributed by atoms with Crippen molar-refractivity contribution in [1.82, 2.24) is 5.43 Å². The van der Waals surface area contributed by atoms with Crippen LogP contribution in [0, 0.1) is 0 Å². The molecule has 0 unspecified atom stereocenters. The number of carbonyl (C=O) groups is 1. The van der Waals surface area contributed by atoms with Crippen molar-refractivity contribution >= 4 is 11.8 Å². The summed E-state index contributed by atoms with van der Waals surface area (Å²) >= 11 is 0. The Labute approximate surface area is 137 Å². The average molecular weight is 310 g/mol. The van der Waals surface area contributed by atoms with Crippen molar-refractivity contribution in [2.75, 3.05) is 11.6 Å². The molecule has 4 heteroatoms. The van der Waals surface area contributed by atoms with Crippen LogP contribution in [-0.4, -0.2) is 18.2 Å². The predicted molar refractivity (Wildman–Crippen MR) is 92.3 cm³/mol. The highest BCUT2D eigenvalue weighted by Gasteiger charge is 2.23. The SMILES string of the molecule is CC(C)(C)OC(=O)NN1CCc2ccccc2-c2ccccc21. The summed E-state index contributed by atoms with van der Waals surface area (Å²) in [5.41, 5.74) is 6.98. The van der Waals surface area contributed by atoms with Crippen molar-refractivity contribution in [1.29, 1.82) is 0 Å². The summed E-state index contributed by atoms with van der Waals surface area (Å²) in [5.74, 6) is 0. The van der Waals surface area contributed by atoms with Gasteiger partial charge in [-0.1, -0.05) is 42.5 Å². The van der Waals surface area contributed by atoms with Crippen LogP contribution in [0.25, 0.3) is 11.1 Å². The molecular weight excluding hydrogens is 288 g/mol. The number of amides is 1. The number of nitrogens with one attached hydrogen (secondary N) is 1. The van der Waals surface area contributed by atoms with E-state index in [0.717, 1.165) is 17.7 Å². The van der Waals surface area contributed by atoms with E-state index in [1.807, 2.05) is 50.0 Å². The maximum atomic E-state index is 12.1. The van der Waals surface area contributed by atoms with Gasteiger partial charge >= 0.3 is 6.09 Å². The van der Waals surface area contributed by atoms with Crippen LogP contribution in [0.2, 0.25) is 0 Å². The minimum atomic E-state index is -0.515. The zero-order chi connectivity index (χ0) is 16.4. The smallest absolute Gasteiger partial charge is 0.426 e. The molecule has 0 aliphatic carbocycles. The van der Waals surface area contributed by atoms with Crippen LogP contribution in [0.15, 0.2) is 48.5 Å². The van der Waals surface area contributed by atoms with Gasteiger partial charge in [-0.25, -0.2) is 10.2 Å². The van der Waals surface area contributed by atoms with E-state index in [1.54, 1.807) is 0 Å². The molecule has 2 aromatic rings. The van der Waals surface area contributed by atoms with Gasteiger partial charge in [-0.2, -0.15) is 0 Å². The maximum Gasteiger partial charge on any atom is 0.426 e. The molecule has 0 radical (unpaired) electrons. The van der Waals surface area contributed by atoms with Crippen LogP contribution in [0.1, 0.15) is 26.3 Å². The molecule has 2 aromatic carbocycles. The van der Waals surface area contributed by atoms with Crippen molar-refractivity contribution in [3.05, 3.63) is 54.1 Å². The van der Waals surface area contributed by atoms with Crippen molar-refractivity contribution in [2.45, 2.75) is 32.8 Å². The van der Waals surface area contributed by atoms with Gasteiger partial charge in [-0.05, 0) is 44.4 Å². The molecular formula is C19H22N2O2. The van der Waals surface area contributed by atoms with Crippen LogP contribution in [-0.2, 0) is 11.2 Å². The van der Waals surface area contributed by atoms with Gasteiger partial charge in [0, 0.05) is 12.1 Å². The monoisotopic (exact) mass is 310 g/mol. The number of hydrazine groups is 1. The summed E-state index contributed by atoms with van der Waals surface area (Å²) in [6.07, 6.45) is 0.430. The molecule has 0 fully saturated rings. The first-order chi connectivity index (χ1) is 10.9. The molecule has 0 aromatic heterocycles. The number of fused-ring (bicyclic) bond motifs is 3. The van der Waals surface area contributed by atoms with E-state index in [-0.39, 0.29) is 0 Å². The Morgan fingerprint density at radius 1 is 1.04 bits per heavy atom. The van der Waals surface area contributed by atoms with Gasteiger partial charge in [0.2, 0.25) is 0 Å². The zero-order valence-electron chi connectivity index (χ0n) is 13.8. The minimum absolute atomic E-state index is 0.432. The molecule has 0 saturated carbocycles. The normalized spacial score (nSPS) is 13.6. The first-order valence-corrected chi connectivity index (χ1v) is 7.88. The number of benzene rings is 2. The second kappa shape index (κ2) is 5.95. The lowest BCUT2D eigenvalue weighted by Crippen LogP contribution is -2.45. The highest BCUT2D eigenvalue weighted by Crippen LogP contribution is 2.35. The standard InChI is InChI=1S/C19H22N2O2/c1-19(2,3)23-18(22)20-21-13-12-14-8-4-5-9-15(14)16-10-6-7-11-17(16)21/h4-11H,12-13H2,1-3H3,(H,20,22). The summed E-state index contributed by atoms with van der Waals surface area (Å²) in [7, 11) is 0. The van der Waals surface area contributed by atoms with Gasteiger partial charge in [-0.15, -0.1) is 0 Å². The summed E-state index contributed by atoms with van der Waals surface area (Å²) < 4.78 is 5.38. The molecule has 1 heterocycles. The van der Waals surface area contributed by atoms with E-state index >= 15 is 0 Å². The summed E-state index contributed by atoms with van der Waals surface area (Å²) in [5, 5.41) is 1.88. The summed E-state index contributed by atoms with van der Waals surface area (Å²) in [6.45, 7) is 6.28. The largest absolute Gasteiger partial charge is 0.443 e. The lowest BCUT2D eigenvalue weighted by Gasteiger charge is -2.27. The predicted octanol–water partition coefficient (Wildman–Crippen LogP) is 4.16. The van der Waals surface area contributed by atoms with Crippen LogP contribution in [0.4, 0.5) is 10.5 Å². The number of rotatable bonds is 1. The van der Waals surface area contributed by atoms with Crippen molar-refractivity contribution in [3.8, 4) is 11.1 Å².